The first kappa shape index (κ1) is 14.9. The molecule has 1 aromatic rings. The van der Waals surface area contributed by atoms with Crippen molar-refractivity contribution in [3.8, 4) is 0 Å². The largest absolute Gasteiger partial charge is 0.394 e. The van der Waals surface area contributed by atoms with Gasteiger partial charge in [-0.3, -0.25) is 19.5 Å². The van der Waals surface area contributed by atoms with Gasteiger partial charge in [0, 0.05) is 31.9 Å². The Kier molecular flexibility index (Phi) is 4.08. The molecular formula is C15H20N4O3. The number of carbonyl (C=O) groups excluding carboxylic acids is 2. The number of nitrogens with zero attached hydrogens (tertiary/aromatic N) is 3. The van der Waals surface area contributed by atoms with Gasteiger partial charge < -0.3 is 15.3 Å². The number of amides is 2. The van der Waals surface area contributed by atoms with Crippen molar-refractivity contribution in [2.45, 2.75) is 25.6 Å². The van der Waals surface area contributed by atoms with Crippen LogP contribution >= 0.6 is 0 Å². The molecule has 0 saturated carbocycles. The van der Waals surface area contributed by atoms with Gasteiger partial charge >= 0.3 is 0 Å². The highest BCUT2D eigenvalue weighted by atomic mass is 16.3. The second-order valence-corrected chi connectivity index (χ2v) is 5.80. The molecule has 3 heterocycles. The average molecular weight is 304 g/mol. The third-order valence-corrected chi connectivity index (χ3v) is 4.18. The summed E-state index contributed by atoms with van der Waals surface area (Å²) in [5.41, 5.74) is 1.93. The zero-order chi connectivity index (χ0) is 15.7. The van der Waals surface area contributed by atoms with Gasteiger partial charge in [-0.15, -0.1) is 0 Å². The molecular weight excluding hydrogens is 284 g/mol. The summed E-state index contributed by atoms with van der Waals surface area (Å²) in [5.74, 6) is -0.388. The lowest BCUT2D eigenvalue weighted by Gasteiger charge is -2.44. The summed E-state index contributed by atoms with van der Waals surface area (Å²) >= 11 is 0. The van der Waals surface area contributed by atoms with Crippen molar-refractivity contribution in [3.05, 3.63) is 29.6 Å². The second-order valence-electron chi connectivity index (χ2n) is 5.80. The lowest BCUT2D eigenvalue weighted by molar-refractivity contribution is -0.154. The molecule has 0 bridgehead atoms. The number of aryl methyl sites for hydroxylation is 1. The molecule has 3 rings (SSSR count). The molecule has 1 aromatic heterocycles. The predicted molar refractivity (Wildman–Crippen MR) is 78.8 cm³/mol. The number of fused-ring (bicyclic) bond motifs is 1. The Morgan fingerprint density at radius 2 is 2.18 bits per heavy atom. The van der Waals surface area contributed by atoms with E-state index < -0.39 is 12.1 Å². The molecule has 2 saturated heterocycles. The molecule has 2 aliphatic rings. The maximum absolute atomic E-state index is 12.2. The minimum Gasteiger partial charge on any atom is -0.394 e. The summed E-state index contributed by atoms with van der Waals surface area (Å²) in [6.45, 7) is 3.94. The zero-order valence-electron chi connectivity index (χ0n) is 12.5. The topological polar surface area (TPSA) is 85.8 Å². The van der Waals surface area contributed by atoms with E-state index in [4.69, 9.17) is 5.11 Å². The van der Waals surface area contributed by atoms with Crippen molar-refractivity contribution in [3.63, 3.8) is 0 Å². The Morgan fingerprint density at radius 3 is 2.91 bits per heavy atom. The SMILES string of the molecule is Cc1cccc(CN2CCN3C(=O)[C@H](CO)NC(=O)[C@H]3C2)n1. The summed E-state index contributed by atoms with van der Waals surface area (Å²) in [7, 11) is 0. The Labute approximate surface area is 128 Å². The average Bonchev–Trinajstić information content (AvgIpc) is 2.51. The number of aliphatic hydroxyl groups is 1. The van der Waals surface area contributed by atoms with Crippen molar-refractivity contribution in [1.82, 2.24) is 20.1 Å². The Hall–Kier alpha value is -1.99. The first-order valence-electron chi connectivity index (χ1n) is 7.45. The summed E-state index contributed by atoms with van der Waals surface area (Å²) in [6.07, 6.45) is 0. The molecule has 2 atom stereocenters. The van der Waals surface area contributed by atoms with Crippen LogP contribution in [0.5, 0.6) is 0 Å². The van der Waals surface area contributed by atoms with Gasteiger partial charge in [0.2, 0.25) is 11.8 Å². The fourth-order valence-electron chi connectivity index (χ4n) is 3.04. The lowest BCUT2D eigenvalue weighted by Crippen LogP contribution is -2.69. The molecule has 0 radical (unpaired) electrons. The molecule has 22 heavy (non-hydrogen) atoms. The number of pyridine rings is 1. The zero-order valence-corrected chi connectivity index (χ0v) is 12.5. The Balaban J connectivity index is 1.68. The molecule has 0 spiro atoms. The summed E-state index contributed by atoms with van der Waals surface area (Å²) in [6, 6.07) is 4.61. The molecule has 2 aliphatic heterocycles. The van der Waals surface area contributed by atoms with Crippen LogP contribution in [0.4, 0.5) is 0 Å². The third-order valence-electron chi connectivity index (χ3n) is 4.18. The van der Waals surface area contributed by atoms with Crippen molar-refractivity contribution < 1.29 is 14.7 Å². The Bertz CT molecular complexity index is 592. The Morgan fingerprint density at radius 1 is 1.36 bits per heavy atom. The molecule has 2 amide bonds. The van der Waals surface area contributed by atoms with Crippen molar-refractivity contribution in [2.24, 2.45) is 0 Å². The van der Waals surface area contributed by atoms with Crippen LogP contribution in [-0.4, -0.2) is 70.0 Å². The van der Waals surface area contributed by atoms with Gasteiger partial charge in [-0.05, 0) is 19.1 Å². The van der Waals surface area contributed by atoms with Gasteiger partial charge in [0.15, 0.2) is 0 Å². The van der Waals surface area contributed by atoms with Crippen molar-refractivity contribution in [2.75, 3.05) is 26.2 Å². The number of hydrogen-bond acceptors (Lipinski definition) is 5. The van der Waals surface area contributed by atoms with Crippen LogP contribution in [0.25, 0.3) is 0 Å². The van der Waals surface area contributed by atoms with E-state index in [-0.39, 0.29) is 18.4 Å². The van der Waals surface area contributed by atoms with E-state index in [0.29, 0.717) is 26.2 Å². The van der Waals surface area contributed by atoms with Crippen LogP contribution in [0, 0.1) is 6.92 Å². The maximum Gasteiger partial charge on any atom is 0.248 e. The van der Waals surface area contributed by atoms with Crippen LogP contribution in [0.3, 0.4) is 0 Å². The second kappa shape index (κ2) is 6.02. The highest BCUT2D eigenvalue weighted by Crippen LogP contribution is 2.17. The number of aliphatic hydroxyl groups excluding tert-OH is 1. The molecule has 7 heteroatoms. The van der Waals surface area contributed by atoms with Crippen LogP contribution in [0.1, 0.15) is 11.4 Å². The van der Waals surface area contributed by atoms with E-state index >= 15 is 0 Å². The fourth-order valence-corrected chi connectivity index (χ4v) is 3.04. The van der Waals surface area contributed by atoms with Crippen LogP contribution in [0.15, 0.2) is 18.2 Å². The first-order valence-corrected chi connectivity index (χ1v) is 7.45. The minimum absolute atomic E-state index is 0.194. The standard InChI is InChI=1S/C15H20N4O3/c1-10-3-2-4-11(16-10)7-18-5-6-19-13(8-18)14(21)17-12(9-20)15(19)22/h2-4,12-13,20H,5-9H2,1H3,(H,17,21)/t12-,13+/m0/s1. The summed E-state index contributed by atoms with van der Waals surface area (Å²) < 4.78 is 0. The van der Waals surface area contributed by atoms with E-state index in [1.807, 2.05) is 25.1 Å². The third kappa shape index (κ3) is 2.82. The van der Waals surface area contributed by atoms with E-state index in [9.17, 15) is 9.59 Å². The van der Waals surface area contributed by atoms with Crippen molar-refractivity contribution >= 4 is 11.8 Å². The molecule has 0 aromatic carbocycles. The van der Waals surface area contributed by atoms with E-state index in [0.717, 1.165) is 11.4 Å². The minimum atomic E-state index is -0.797. The van der Waals surface area contributed by atoms with Gasteiger partial charge in [-0.25, -0.2) is 0 Å². The number of nitrogens with one attached hydrogen (secondary N) is 1. The predicted octanol–water partition coefficient (Wildman–Crippen LogP) is -1.11. The van der Waals surface area contributed by atoms with Crippen molar-refractivity contribution in [1.29, 1.82) is 0 Å². The van der Waals surface area contributed by atoms with Gasteiger partial charge in [0.25, 0.3) is 0 Å². The quantitative estimate of drug-likeness (QED) is 0.740. The molecule has 0 aliphatic carbocycles. The monoisotopic (exact) mass is 304 g/mol. The number of aromatic nitrogens is 1. The van der Waals surface area contributed by atoms with E-state index in [1.165, 1.54) is 0 Å². The molecule has 7 nitrogen and oxygen atoms in total. The fraction of sp³-hybridized carbons (Fsp3) is 0.533. The van der Waals surface area contributed by atoms with Crippen LogP contribution < -0.4 is 5.32 Å². The van der Waals surface area contributed by atoms with Crippen LogP contribution in [-0.2, 0) is 16.1 Å². The van der Waals surface area contributed by atoms with Crippen LogP contribution in [0.2, 0.25) is 0 Å². The van der Waals surface area contributed by atoms with E-state index in [2.05, 4.69) is 15.2 Å². The number of piperazine rings is 2. The molecule has 2 N–H and O–H groups in total. The summed E-state index contributed by atoms with van der Waals surface area (Å²) in [4.78, 5) is 32.5. The number of hydrogen-bond donors (Lipinski definition) is 2. The number of rotatable bonds is 3. The van der Waals surface area contributed by atoms with Gasteiger partial charge in [0.1, 0.15) is 12.1 Å². The maximum atomic E-state index is 12.2. The molecule has 0 unspecified atom stereocenters. The summed E-state index contributed by atoms with van der Waals surface area (Å²) in [5, 5.41) is 11.7. The van der Waals surface area contributed by atoms with E-state index in [1.54, 1.807) is 4.90 Å². The highest BCUT2D eigenvalue weighted by molar-refractivity contribution is 5.97. The highest BCUT2D eigenvalue weighted by Gasteiger charge is 2.43. The smallest absolute Gasteiger partial charge is 0.248 e. The van der Waals surface area contributed by atoms with Gasteiger partial charge in [-0.2, -0.15) is 0 Å². The number of carbonyl (C=O) groups is 2. The molecule has 118 valence electrons. The van der Waals surface area contributed by atoms with Gasteiger partial charge in [0.05, 0.1) is 12.3 Å². The normalized spacial score (nSPS) is 25.8. The lowest BCUT2D eigenvalue weighted by atomic mass is 10.0. The first-order chi connectivity index (χ1) is 10.6. The molecule has 2 fully saturated rings. The van der Waals surface area contributed by atoms with Gasteiger partial charge in [-0.1, -0.05) is 6.07 Å².